The Hall–Kier alpha value is -3.27. The topological polar surface area (TPSA) is 87.7 Å². The molecule has 2 N–H and O–H groups in total. The molecule has 9 heteroatoms. The van der Waals surface area contributed by atoms with E-state index in [0.717, 1.165) is 10.7 Å². The number of hydrogen-bond acceptors (Lipinski definition) is 5. The molecular weight excluding hydrogens is 458 g/mol. The third-order valence-electron chi connectivity index (χ3n) is 4.74. The summed E-state index contributed by atoms with van der Waals surface area (Å²) in [6.07, 6.45) is 0.797. The van der Waals surface area contributed by atoms with E-state index in [4.69, 9.17) is 17.0 Å². The normalized spacial score (nSPS) is 11.1. The summed E-state index contributed by atoms with van der Waals surface area (Å²) in [5, 5.41) is 5.58. The van der Waals surface area contributed by atoms with Gasteiger partial charge in [0.15, 0.2) is 5.11 Å². The molecule has 0 heterocycles. The summed E-state index contributed by atoms with van der Waals surface area (Å²) >= 11 is 5.20. The lowest BCUT2D eigenvalue weighted by molar-refractivity contribution is 0.0977. The maximum Gasteiger partial charge on any atom is 0.257 e. The highest BCUT2D eigenvalue weighted by Crippen LogP contribution is 2.17. The van der Waals surface area contributed by atoms with E-state index in [-0.39, 0.29) is 15.9 Å². The number of carbonyl (C=O) groups is 1. The summed E-state index contributed by atoms with van der Waals surface area (Å²) in [4.78, 5) is 12.6. The lowest BCUT2D eigenvalue weighted by Gasteiger charge is -2.13. The van der Waals surface area contributed by atoms with Gasteiger partial charge >= 0.3 is 0 Å². The van der Waals surface area contributed by atoms with Gasteiger partial charge in [0.2, 0.25) is 10.0 Å². The lowest BCUT2D eigenvalue weighted by Crippen LogP contribution is -2.34. The molecule has 0 unspecified atom stereocenters. The highest BCUT2D eigenvalue weighted by Gasteiger charge is 2.16. The number of hydrogen-bond donors (Lipinski definition) is 2. The first-order valence-electron chi connectivity index (χ1n) is 10.2. The van der Waals surface area contributed by atoms with Crippen LogP contribution in [-0.4, -0.2) is 44.4 Å². The molecule has 3 aromatic rings. The minimum Gasteiger partial charge on any atom is -0.493 e. The van der Waals surface area contributed by atoms with Crippen LogP contribution in [0.1, 0.15) is 15.9 Å². The van der Waals surface area contributed by atoms with Crippen molar-refractivity contribution in [1.82, 2.24) is 9.62 Å². The largest absolute Gasteiger partial charge is 0.493 e. The van der Waals surface area contributed by atoms with Crippen LogP contribution in [0.5, 0.6) is 5.75 Å². The van der Waals surface area contributed by atoms with E-state index in [1.165, 1.54) is 31.8 Å². The maximum absolute atomic E-state index is 12.5. The monoisotopic (exact) mass is 483 g/mol. The summed E-state index contributed by atoms with van der Waals surface area (Å²) < 4.78 is 31.1. The molecule has 0 aliphatic heterocycles. The molecule has 0 fully saturated rings. The Morgan fingerprint density at radius 3 is 2.18 bits per heavy atom. The Balaban J connectivity index is 1.49. The molecule has 0 spiro atoms. The molecule has 172 valence electrons. The highest BCUT2D eigenvalue weighted by atomic mass is 32.2. The second-order valence-corrected chi connectivity index (χ2v) is 9.89. The molecule has 0 saturated heterocycles. The first-order chi connectivity index (χ1) is 15.8. The molecule has 0 aromatic heterocycles. The first-order valence-corrected chi connectivity index (χ1v) is 12.0. The Morgan fingerprint density at radius 2 is 1.58 bits per heavy atom. The molecule has 7 nitrogen and oxygen atoms in total. The fourth-order valence-corrected chi connectivity index (χ4v) is 4.00. The van der Waals surface area contributed by atoms with Gasteiger partial charge in [-0.1, -0.05) is 30.3 Å². The van der Waals surface area contributed by atoms with Crippen LogP contribution < -0.4 is 15.4 Å². The number of rotatable bonds is 8. The zero-order valence-corrected chi connectivity index (χ0v) is 19.9. The molecule has 3 rings (SSSR count). The van der Waals surface area contributed by atoms with Gasteiger partial charge in [0.25, 0.3) is 5.91 Å². The highest BCUT2D eigenvalue weighted by molar-refractivity contribution is 7.89. The van der Waals surface area contributed by atoms with E-state index in [2.05, 4.69) is 10.6 Å². The van der Waals surface area contributed by atoms with Gasteiger partial charge < -0.3 is 10.1 Å². The summed E-state index contributed by atoms with van der Waals surface area (Å²) in [7, 11) is -0.573. The number of benzene rings is 3. The van der Waals surface area contributed by atoms with Crippen molar-refractivity contribution >= 4 is 38.9 Å². The van der Waals surface area contributed by atoms with Crippen LogP contribution in [0.25, 0.3) is 0 Å². The van der Waals surface area contributed by atoms with Crippen LogP contribution >= 0.6 is 12.2 Å². The van der Waals surface area contributed by atoms with Crippen LogP contribution in [0, 0.1) is 0 Å². The summed E-state index contributed by atoms with van der Waals surface area (Å²) in [5.41, 5.74) is 2.19. The number of amides is 1. The smallest absolute Gasteiger partial charge is 0.257 e. The summed E-state index contributed by atoms with van der Waals surface area (Å²) in [6.45, 7) is 0.540. The number of thiocarbonyl (C=S) groups is 1. The zero-order chi connectivity index (χ0) is 23.8. The van der Waals surface area contributed by atoms with Crippen molar-refractivity contribution in [3.8, 4) is 5.75 Å². The van der Waals surface area contributed by atoms with Gasteiger partial charge in [0.05, 0.1) is 11.5 Å². The number of ether oxygens (including phenoxy) is 1. The summed E-state index contributed by atoms with van der Waals surface area (Å²) in [5.74, 6) is 0.311. The van der Waals surface area contributed by atoms with Crippen LogP contribution in [0.4, 0.5) is 5.69 Å². The van der Waals surface area contributed by atoms with Crippen molar-refractivity contribution in [2.45, 2.75) is 11.3 Å². The molecule has 1 amide bonds. The molecule has 0 bridgehead atoms. The zero-order valence-electron chi connectivity index (χ0n) is 18.3. The molecule has 0 aliphatic rings. The van der Waals surface area contributed by atoms with Crippen molar-refractivity contribution < 1.29 is 17.9 Å². The Morgan fingerprint density at radius 1 is 0.939 bits per heavy atom. The third-order valence-corrected chi connectivity index (χ3v) is 6.77. The van der Waals surface area contributed by atoms with E-state index in [0.29, 0.717) is 23.6 Å². The molecule has 3 aromatic carbocycles. The van der Waals surface area contributed by atoms with Crippen molar-refractivity contribution in [3.05, 3.63) is 90.0 Å². The Kier molecular flexibility index (Phi) is 8.16. The maximum atomic E-state index is 12.5. The van der Waals surface area contributed by atoms with Gasteiger partial charge in [0.1, 0.15) is 5.75 Å². The van der Waals surface area contributed by atoms with E-state index in [1.807, 2.05) is 30.3 Å². The minimum absolute atomic E-state index is 0.103. The number of anilines is 1. The summed E-state index contributed by atoms with van der Waals surface area (Å²) in [6, 6.07) is 23.0. The molecule has 0 saturated carbocycles. The number of nitrogens with one attached hydrogen (secondary N) is 2. The Bertz CT molecular complexity index is 1190. The lowest BCUT2D eigenvalue weighted by atomic mass is 10.2. The average molecular weight is 484 g/mol. The van der Waals surface area contributed by atoms with E-state index >= 15 is 0 Å². The fourth-order valence-electron chi connectivity index (χ4n) is 2.89. The molecule has 0 aliphatic carbocycles. The predicted molar refractivity (Wildman–Crippen MR) is 133 cm³/mol. The quantitative estimate of drug-likeness (QED) is 0.475. The number of carbonyl (C=O) groups excluding carboxylic acids is 1. The minimum atomic E-state index is -3.51. The van der Waals surface area contributed by atoms with Gasteiger partial charge in [0, 0.05) is 31.8 Å². The average Bonchev–Trinajstić information content (AvgIpc) is 2.80. The van der Waals surface area contributed by atoms with Gasteiger partial charge in [-0.15, -0.1) is 0 Å². The van der Waals surface area contributed by atoms with Gasteiger partial charge in [-0.25, -0.2) is 12.7 Å². The van der Waals surface area contributed by atoms with E-state index in [9.17, 15) is 13.2 Å². The molecule has 0 atom stereocenters. The predicted octanol–water partition coefficient (Wildman–Crippen LogP) is 3.69. The van der Waals surface area contributed by atoms with Crippen molar-refractivity contribution in [3.63, 3.8) is 0 Å². The number of nitrogens with zero attached hydrogens (tertiary/aromatic N) is 1. The molecular formula is C24H25N3O4S2. The van der Waals surface area contributed by atoms with Crippen molar-refractivity contribution in [2.75, 3.05) is 26.0 Å². The van der Waals surface area contributed by atoms with Crippen LogP contribution in [0.2, 0.25) is 0 Å². The SMILES string of the molecule is CN(C)S(=O)(=O)c1ccc(NC(=S)NC(=O)c2ccc(OCCc3ccccc3)cc2)cc1. The second kappa shape index (κ2) is 11.0. The van der Waals surface area contributed by atoms with Crippen LogP contribution in [-0.2, 0) is 16.4 Å². The van der Waals surface area contributed by atoms with Gasteiger partial charge in [-0.05, 0) is 66.3 Å². The molecule has 0 radical (unpaired) electrons. The van der Waals surface area contributed by atoms with E-state index in [1.54, 1.807) is 36.4 Å². The number of sulfonamides is 1. The second-order valence-electron chi connectivity index (χ2n) is 7.33. The first kappa shape index (κ1) is 24.4. The fraction of sp³-hybridized carbons (Fsp3) is 0.167. The van der Waals surface area contributed by atoms with Crippen LogP contribution in [0.3, 0.4) is 0 Å². The Labute approximate surface area is 199 Å². The van der Waals surface area contributed by atoms with Gasteiger partial charge in [-0.3, -0.25) is 10.1 Å². The van der Waals surface area contributed by atoms with Gasteiger partial charge in [-0.2, -0.15) is 0 Å². The standard InChI is InChI=1S/C24H25N3O4S2/c1-27(2)33(29,30)22-14-10-20(11-15-22)25-24(32)26-23(28)19-8-12-21(13-9-19)31-17-16-18-6-4-3-5-7-18/h3-15H,16-17H2,1-2H3,(H2,25,26,28,32). The van der Waals surface area contributed by atoms with Crippen molar-refractivity contribution in [1.29, 1.82) is 0 Å². The van der Waals surface area contributed by atoms with E-state index < -0.39 is 10.0 Å². The molecule has 33 heavy (non-hydrogen) atoms. The third kappa shape index (κ3) is 6.85. The van der Waals surface area contributed by atoms with Crippen molar-refractivity contribution in [2.24, 2.45) is 0 Å². The van der Waals surface area contributed by atoms with Crippen LogP contribution in [0.15, 0.2) is 83.8 Å².